The second-order valence-electron chi connectivity index (χ2n) is 8.19. The van der Waals surface area contributed by atoms with E-state index in [0.29, 0.717) is 51.9 Å². The number of rotatable bonds is 14. The summed E-state index contributed by atoms with van der Waals surface area (Å²) in [6, 6.07) is 0. The molecule has 5 nitrogen and oxygen atoms in total. The third kappa shape index (κ3) is 11.7. The van der Waals surface area contributed by atoms with E-state index < -0.39 is 0 Å². The van der Waals surface area contributed by atoms with Gasteiger partial charge in [0.2, 0.25) is 5.91 Å². The Labute approximate surface area is 165 Å². The van der Waals surface area contributed by atoms with Crippen LogP contribution >= 0.6 is 0 Å². The second-order valence-corrected chi connectivity index (χ2v) is 8.19. The summed E-state index contributed by atoms with van der Waals surface area (Å²) in [6.45, 7) is 4.47. The molecule has 27 heavy (non-hydrogen) atoms. The van der Waals surface area contributed by atoms with Crippen molar-refractivity contribution in [3.63, 3.8) is 0 Å². The van der Waals surface area contributed by atoms with Crippen molar-refractivity contribution in [1.82, 2.24) is 5.32 Å². The van der Waals surface area contributed by atoms with Gasteiger partial charge in [0, 0.05) is 19.6 Å². The highest BCUT2D eigenvalue weighted by molar-refractivity contribution is 5.76. The first-order valence-electron chi connectivity index (χ1n) is 11.3. The fourth-order valence-corrected chi connectivity index (χ4v) is 4.26. The molecule has 0 spiro atoms. The monoisotopic (exact) mass is 383 g/mol. The molecule has 0 atom stereocenters. The summed E-state index contributed by atoms with van der Waals surface area (Å²) < 4.78 is 16.7. The molecule has 2 rings (SSSR count). The van der Waals surface area contributed by atoms with E-state index >= 15 is 0 Å². The summed E-state index contributed by atoms with van der Waals surface area (Å²) in [5.74, 6) is 1.65. The largest absolute Gasteiger partial charge is 0.379 e. The standard InChI is InChI=1S/C22H41NO4/c24-22(19-21-9-5-2-6-10-21)23-12-14-26-16-18-27-17-15-25-13-11-20-7-3-1-4-8-20/h20-21H,1-19H2,(H,23,24). The Bertz CT molecular complexity index is 365. The molecule has 0 bridgehead atoms. The van der Waals surface area contributed by atoms with Gasteiger partial charge in [-0.3, -0.25) is 4.79 Å². The third-order valence-corrected chi connectivity index (χ3v) is 5.91. The van der Waals surface area contributed by atoms with Crippen molar-refractivity contribution < 1.29 is 19.0 Å². The van der Waals surface area contributed by atoms with Crippen LogP contribution in [-0.2, 0) is 19.0 Å². The van der Waals surface area contributed by atoms with Gasteiger partial charge in [0.15, 0.2) is 0 Å². The van der Waals surface area contributed by atoms with Crippen LogP contribution in [0.25, 0.3) is 0 Å². The molecule has 2 aliphatic rings. The molecule has 2 aliphatic carbocycles. The average molecular weight is 384 g/mol. The lowest BCUT2D eigenvalue weighted by Crippen LogP contribution is -2.29. The van der Waals surface area contributed by atoms with Crippen LogP contribution in [0.5, 0.6) is 0 Å². The summed E-state index contributed by atoms with van der Waals surface area (Å²) in [6.07, 6.45) is 15.2. The van der Waals surface area contributed by atoms with E-state index in [1.807, 2.05) is 0 Å². The Morgan fingerprint density at radius 3 is 1.81 bits per heavy atom. The van der Waals surface area contributed by atoms with Gasteiger partial charge in [-0.25, -0.2) is 0 Å². The smallest absolute Gasteiger partial charge is 0.220 e. The number of nitrogens with one attached hydrogen (secondary N) is 1. The van der Waals surface area contributed by atoms with Gasteiger partial charge in [-0.15, -0.1) is 0 Å². The average Bonchev–Trinajstić information content (AvgIpc) is 2.70. The second kappa shape index (κ2) is 15.3. The minimum Gasteiger partial charge on any atom is -0.379 e. The molecule has 0 radical (unpaired) electrons. The molecule has 158 valence electrons. The molecule has 0 aliphatic heterocycles. The van der Waals surface area contributed by atoms with Crippen LogP contribution < -0.4 is 5.32 Å². The number of hydrogen-bond donors (Lipinski definition) is 1. The van der Waals surface area contributed by atoms with Crippen molar-refractivity contribution >= 4 is 5.91 Å². The van der Waals surface area contributed by atoms with E-state index in [0.717, 1.165) is 12.5 Å². The maximum absolute atomic E-state index is 11.9. The van der Waals surface area contributed by atoms with Gasteiger partial charge in [0.25, 0.3) is 0 Å². The highest BCUT2D eigenvalue weighted by Gasteiger charge is 2.16. The van der Waals surface area contributed by atoms with Crippen LogP contribution in [0.2, 0.25) is 0 Å². The van der Waals surface area contributed by atoms with E-state index in [1.165, 1.54) is 70.6 Å². The Hall–Kier alpha value is -0.650. The maximum atomic E-state index is 11.9. The van der Waals surface area contributed by atoms with Crippen LogP contribution in [-0.4, -0.2) is 52.1 Å². The molecule has 1 N–H and O–H groups in total. The number of carbonyl (C=O) groups is 1. The lowest BCUT2D eigenvalue weighted by molar-refractivity contribution is -0.122. The van der Waals surface area contributed by atoms with Crippen LogP contribution in [0.4, 0.5) is 0 Å². The fraction of sp³-hybridized carbons (Fsp3) is 0.955. The highest BCUT2D eigenvalue weighted by atomic mass is 16.5. The Balaban J connectivity index is 1.27. The SMILES string of the molecule is O=C(CC1CCCCC1)NCCOCCOCCOCCC1CCCCC1. The molecule has 5 heteroatoms. The molecule has 2 fully saturated rings. The Kier molecular flexibility index (Phi) is 12.8. The zero-order valence-electron chi connectivity index (χ0n) is 17.2. The van der Waals surface area contributed by atoms with Gasteiger partial charge in [-0.1, -0.05) is 51.4 Å². The predicted octanol–water partition coefficient (Wildman–Crippen LogP) is 4.09. The van der Waals surface area contributed by atoms with Gasteiger partial charge in [-0.2, -0.15) is 0 Å². The Morgan fingerprint density at radius 2 is 1.19 bits per heavy atom. The van der Waals surface area contributed by atoms with Crippen molar-refractivity contribution in [3.05, 3.63) is 0 Å². The molecule has 0 saturated heterocycles. The van der Waals surface area contributed by atoms with Crippen LogP contribution in [0.15, 0.2) is 0 Å². The van der Waals surface area contributed by atoms with E-state index in [4.69, 9.17) is 14.2 Å². The predicted molar refractivity (Wildman–Crippen MR) is 108 cm³/mol. The topological polar surface area (TPSA) is 56.8 Å². The van der Waals surface area contributed by atoms with Gasteiger partial charge in [-0.05, 0) is 31.1 Å². The molecule has 0 aromatic carbocycles. The lowest BCUT2D eigenvalue weighted by atomic mass is 9.87. The van der Waals surface area contributed by atoms with Crippen molar-refractivity contribution in [1.29, 1.82) is 0 Å². The van der Waals surface area contributed by atoms with E-state index in [2.05, 4.69) is 5.32 Å². The molecule has 2 saturated carbocycles. The van der Waals surface area contributed by atoms with Crippen molar-refractivity contribution in [3.8, 4) is 0 Å². The quantitative estimate of drug-likeness (QED) is 0.459. The summed E-state index contributed by atoms with van der Waals surface area (Å²) in [5.41, 5.74) is 0. The summed E-state index contributed by atoms with van der Waals surface area (Å²) in [5, 5.41) is 2.96. The van der Waals surface area contributed by atoms with Crippen molar-refractivity contribution in [2.24, 2.45) is 11.8 Å². The van der Waals surface area contributed by atoms with Gasteiger partial charge in [0.1, 0.15) is 0 Å². The molecule has 1 amide bonds. The molecular weight excluding hydrogens is 342 g/mol. The molecule has 0 aromatic heterocycles. The minimum atomic E-state index is 0.173. The zero-order valence-corrected chi connectivity index (χ0v) is 17.2. The number of hydrogen-bond acceptors (Lipinski definition) is 4. The summed E-state index contributed by atoms with van der Waals surface area (Å²) in [7, 11) is 0. The first-order valence-corrected chi connectivity index (χ1v) is 11.3. The van der Waals surface area contributed by atoms with Crippen molar-refractivity contribution in [2.45, 2.75) is 77.0 Å². The summed E-state index contributed by atoms with van der Waals surface area (Å²) >= 11 is 0. The van der Waals surface area contributed by atoms with Gasteiger partial charge < -0.3 is 19.5 Å². The number of amides is 1. The first-order chi connectivity index (χ1) is 13.3. The fourth-order valence-electron chi connectivity index (χ4n) is 4.26. The molecule has 0 aromatic rings. The van der Waals surface area contributed by atoms with E-state index in [9.17, 15) is 4.79 Å². The summed E-state index contributed by atoms with van der Waals surface area (Å²) in [4.78, 5) is 11.9. The normalized spacial score (nSPS) is 19.3. The first kappa shape index (κ1) is 22.6. The molecule has 0 heterocycles. The minimum absolute atomic E-state index is 0.173. The van der Waals surface area contributed by atoms with Crippen LogP contribution in [0.1, 0.15) is 77.0 Å². The van der Waals surface area contributed by atoms with Crippen LogP contribution in [0, 0.1) is 11.8 Å². The van der Waals surface area contributed by atoms with E-state index in [-0.39, 0.29) is 5.91 Å². The number of ether oxygens (including phenoxy) is 3. The maximum Gasteiger partial charge on any atom is 0.220 e. The third-order valence-electron chi connectivity index (χ3n) is 5.91. The zero-order chi connectivity index (χ0) is 19.0. The van der Waals surface area contributed by atoms with Crippen LogP contribution in [0.3, 0.4) is 0 Å². The van der Waals surface area contributed by atoms with Gasteiger partial charge >= 0.3 is 0 Å². The van der Waals surface area contributed by atoms with Gasteiger partial charge in [0.05, 0.1) is 33.0 Å². The number of carbonyl (C=O) groups excluding carboxylic acids is 1. The lowest BCUT2D eigenvalue weighted by Gasteiger charge is -2.21. The Morgan fingerprint density at radius 1 is 0.667 bits per heavy atom. The molecular formula is C22H41NO4. The molecule has 0 unspecified atom stereocenters. The van der Waals surface area contributed by atoms with E-state index in [1.54, 1.807) is 0 Å². The van der Waals surface area contributed by atoms with Crippen molar-refractivity contribution in [2.75, 3.05) is 46.2 Å². The highest BCUT2D eigenvalue weighted by Crippen LogP contribution is 2.26.